The van der Waals surface area contributed by atoms with Crippen molar-refractivity contribution in [1.82, 2.24) is 4.90 Å². The highest BCUT2D eigenvalue weighted by molar-refractivity contribution is 9.10. The number of hydrogen-bond acceptors (Lipinski definition) is 2. The zero-order valence-corrected chi connectivity index (χ0v) is 17.5. The van der Waals surface area contributed by atoms with Crippen LogP contribution in [0.4, 0.5) is 5.69 Å². The molecule has 1 atom stereocenters. The van der Waals surface area contributed by atoms with E-state index in [4.69, 9.17) is 0 Å². The Morgan fingerprint density at radius 1 is 1.11 bits per heavy atom. The molecule has 28 heavy (non-hydrogen) atoms. The monoisotopic (exact) mass is 440 g/mol. The fourth-order valence-electron chi connectivity index (χ4n) is 4.47. The third kappa shape index (κ3) is 4.14. The van der Waals surface area contributed by atoms with Crippen LogP contribution in [0.5, 0.6) is 0 Å². The predicted molar refractivity (Wildman–Crippen MR) is 114 cm³/mol. The molecule has 1 aliphatic heterocycles. The van der Waals surface area contributed by atoms with E-state index in [9.17, 15) is 9.59 Å². The van der Waals surface area contributed by atoms with Gasteiger partial charge in [0.15, 0.2) is 0 Å². The molecule has 1 N–H and O–H groups in total. The molecule has 1 heterocycles. The Bertz CT molecular complexity index is 862. The van der Waals surface area contributed by atoms with Gasteiger partial charge in [-0.1, -0.05) is 71.9 Å². The van der Waals surface area contributed by atoms with Crippen molar-refractivity contribution in [2.45, 2.75) is 44.6 Å². The van der Waals surface area contributed by atoms with Crippen molar-refractivity contribution in [2.24, 2.45) is 5.92 Å². The molecule has 0 aromatic heterocycles. The summed E-state index contributed by atoms with van der Waals surface area (Å²) in [5.41, 5.74) is 2.74. The second-order valence-electron chi connectivity index (χ2n) is 7.80. The van der Waals surface area contributed by atoms with Crippen LogP contribution >= 0.6 is 15.9 Å². The first-order valence-electron chi connectivity index (χ1n) is 10.1. The lowest BCUT2D eigenvalue weighted by atomic mass is 9.95. The maximum absolute atomic E-state index is 13.3. The number of nitrogens with one attached hydrogen (secondary N) is 1. The molecule has 2 aromatic carbocycles. The number of anilines is 1. The number of nitrogens with zero attached hydrogens (tertiary/aromatic N) is 1. The summed E-state index contributed by atoms with van der Waals surface area (Å²) in [5, 5.41) is 2.98. The summed E-state index contributed by atoms with van der Waals surface area (Å²) in [5.74, 6) is 0.571. The van der Waals surface area contributed by atoms with Gasteiger partial charge in [0.05, 0.1) is 6.04 Å². The van der Waals surface area contributed by atoms with E-state index in [1.165, 1.54) is 25.7 Å². The zero-order chi connectivity index (χ0) is 19.5. The molecular weight excluding hydrogens is 416 g/mol. The van der Waals surface area contributed by atoms with Crippen LogP contribution in [-0.4, -0.2) is 23.3 Å². The number of hydrogen-bond donors (Lipinski definition) is 1. The largest absolute Gasteiger partial charge is 0.324 e. The molecule has 4 rings (SSSR count). The predicted octanol–water partition coefficient (Wildman–Crippen LogP) is 5.29. The van der Waals surface area contributed by atoms with Crippen LogP contribution in [0.3, 0.4) is 0 Å². The molecule has 146 valence electrons. The summed E-state index contributed by atoms with van der Waals surface area (Å²) in [6.07, 6.45) is 6.43. The number of halogens is 1. The van der Waals surface area contributed by atoms with Gasteiger partial charge in [0.1, 0.15) is 6.54 Å². The maximum atomic E-state index is 13.3. The second-order valence-corrected chi connectivity index (χ2v) is 8.72. The van der Waals surface area contributed by atoms with Gasteiger partial charge in [0.25, 0.3) is 0 Å². The van der Waals surface area contributed by atoms with Gasteiger partial charge in [-0.3, -0.25) is 9.59 Å². The van der Waals surface area contributed by atoms with Crippen LogP contribution in [0.15, 0.2) is 53.0 Å². The molecule has 5 heteroatoms. The molecular formula is C23H25BrN2O2. The Balaban J connectivity index is 1.69. The first-order valence-corrected chi connectivity index (χ1v) is 10.8. The second kappa shape index (κ2) is 8.48. The Morgan fingerprint density at radius 3 is 2.61 bits per heavy atom. The molecule has 2 amide bonds. The molecule has 0 unspecified atom stereocenters. The van der Waals surface area contributed by atoms with Gasteiger partial charge in [-0.2, -0.15) is 0 Å². The van der Waals surface area contributed by atoms with Crippen molar-refractivity contribution < 1.29 is 9.59 Å². The van der Waals surface area contributed by atoms with Crippen molar-refractivity contribution in [3.63, 3.8) is 0 Å². The molecule has 0 bridgehead atoms. The van der Waals surface area contributed by atoms with Gasteiger partial charge in [-0.05, 0) is 36.1 Å². The summed E-state index contributed by atoms with van der Waals surface area (Å²) >= 11 is 3.55. The number of benzene rings is 2. The molecule has 4 nitrogen and oxygen atoms in total. The quantitative estimate of drug-likeness (QED) is 0.701. The van der Waals surface area contributed by atoms with E-state index in [2.05, 4.69) is 21.2 Å². The number of amides is 2. The first kappa shape index (κ1) is 19.2. The van der Waals surface area contributed by atoms with E-state index in [1.807, 2.05) is 48.5 Å². The van der Waals surface area contributed by atoms with E-state index in [0.29, 0.717) is 12.3 Å². The number of carbonyl (C=O) groups is 2. The van der Waals surface area contributed by atoms with Crippen molar-refractivity contribution >= 4 is 33.4 Å². The van der Waals surface area contributed by atoms with Gasteiger partial charge in [-0.25, -0.2) is 0 Å². The maximum Gasteiger partial charge on any atom is 0.244 e. The van der Waals surface area contributed by atoms with Gasteiger partial charge < -0.3 is 10.2 Å². The van der Waals surface area contributed by atoms with Gasteiger partial charge >= 0.3 is 0 Å². The smallest absolute Gasteiger partial charge is 0.244 e. The lowest BCUT2D eigenvalue weighted by Crippen LogP contribution is -2.39. The Morgan fingerprint density at radius 2 is 1.86 bits per heavy atom. The van der Waals surface area contributed by atoms with E-state index in [-0.39, 0.29) is 24.4 Å². The van der Waals surface area contributed by atoms with E-state index >= 15 is 0 Å². The van der Waals surface area contributed by atoms with Crippen LogP contribution < -0.4 is 5.32 Å². The Kier molecular flexibility index (Phi) is 5.81. The highest BCUT2D eigenvalue weighted by Gasteiger charge is 2.33. The zero-order valence-electron chi connectivity index (χ0n) is 15.9. The average molecular weight is 441 g/mol. The number of fused-ring (bicyclic) bond motifs is 1. The van der Waals surface area contributed by atoms with Crippen LogP contribution in [0.1, 0.15) is 55.7 Å². The first-order chi connectivity index (χ1) is 13.6. The van der Waals surface area contributed by atoms with Crippen LogP contribution in [0.2, 0.25) is 0 Å². The summed E-state index contributed by atoms with van der Waals surface area (Å²) in [6, 6.07) is 15.5. The third-order valence-corrected chi connectivity index (χ3v) is 6.38. The summed E-state index contributed by atoms with van der Waals surface area (Å²) in [4.78, 5) is 27.6. The lowest BCUT2D eigenvalue weighted by Gasteiger charge is -2.31. The number of carbonyl (C=O) groups excluding carboxylic acids is 2. The molecule has 2 aromatic rings. The van der Waals surface area contributed by atoms with Crippen molar-refractivity contribution in [3.8, 4) is 0 Å². The fraction of sp³-hybridized carbons (Fsp3) is 0.391. The molecule has 2 aliphatic rings. The van der Waals surface area contributed by atoms with Crippen molar-refractivity contribution in [3.05, 3.63) is 64.1 Å². The third-order valence-electron chi connectivity index (χ3n) is 5.88. The molecule has 0 saturated heterocycles. The molecule has 1 aliphatic carbocycles. The van der Waals surface area contributed by atoms with E-state index < -0.39 is 0 Å². The minimum atomic E-state index is -0.274. The van der Waals surface area contributed by atoms with E-state index in [1.54, 1.807) is 4.90 Å². The Labute approximate surface area is 174 Å². The van der Waals surface area contributed by atoms with Gasteiger partial charge in [0.2, 0.25) is 11.8 Å². The van der Waals surface area contributed by atoms with Crippen LogP contribution in [0, 0.1) is 5.92 Å². The average Bonchev–Trinajstić information content (AvgIpc) is 3.17. The van der Waals surface area contributed by atoms with Crippen molar-refractivity contribution in [2.75, 3.05) is 11.9 Å². The molecule has 0 spiro atoms. The number of rotatable bonds is 4. The molecule has 0 radical (unpaired) electrons. The SMILES string of the molecule is O=C1CN(C(=O)CCC2CCCC2)[C@@H](c2ccccc2)c2cc(Br)ccc2N1. The normalized spacial score (nSPS) is 19.8. The van der Waals surface area contributed by atoms with Crippen LogP contribution in [-0.2, 0) is 9.59 Å². The topological polar surface area (TPSA) is 49.4 Å². The van der Waals surface area contributed by atoms with Crippen LogP contribution in [0.25, 0.3) is 0 Å². The highest BCUT2D eigenvalue weighted by atomic mass is 79.9. The highest BCUT2D eigenvalue weighted by Crippen LogP contribution is 2.38. The lowest BCUT2D eigenvalue weighted by molar-refractivity contribution is -0.136. The van der Waals surface area contributed by atoms with Crippen molar-refractivity contribution in [1.29, 1.82) is 0 Å². The summed E-state index contributed by atoms with van der Waals surface area (Å²) in [6.45, 7) is 0.0787. The standard InChI is InChI=1S/C23H25BrN2O2/c24-18-11-12-20-19(14-18)23(17-8-2-1-3-9-17)26(15-21(27)25-20)22(28)13-10-16-6-4-5-7-16/h1-3,8-9,11-12,14,16,23H,4-7,10,13,15H2,(H,25,27)/t23-/m0/s1. The minimum absolute atomic E-state index is 0.0590. The summed E-state index contributed by atoms with van der Waals surface area (Å²) in [7, 11) is 0. The minimum Gasteiger partial charge on any atom is -0.324 e. The molecule has 1 fully saturated rings. The summed E-state index contributed by atoms with van der Waals surface area (Å²) < 4.78 is 0.932. The Hall–Kier alpha value is -2.14. The van der Waals surface area contributed by atoms with Gasteiger partial charge in [-0.15, -0.1) is 0 Å². The fourth-order valence-corrected chi connectivity index (χ4v) is 4.85. The van der Waals surface area contributed by atoms with Gasteiger partial charge in [0, 0.05) is 22.1 Å². The molecule has 1 saturated carbocycles. The van der Waals surface area contributed by atoms with E-state index in [0.717, 1.165) is 27.7 Å².